The smallest absolute Gasteiger partial charge is 0.216 e. The Kier molecular flexibility index (Phi) is 6.77. The zero-order valence-electron chi connectivity index (χ0n) is 17.6. The average Bonchev–Trinajstić information content (AvgIpc) is 3.05. The Morgan fingerprint density at radius 1 is 1.10 bits per heavy atom. The molecule has 29 heavy (non-hydrogen) atoms. The van der Waals surface area contributed by atoms with Crippen LogP contribution in [0.15, 0.2) is 48.7 Å². The van der Waals surface area contributed by atoms with Crippen LogP contribution < -0.4 is 10.6 Å². The van der Waals surface area contributed by atoms with Gasteiger partial charge in [-0.2, -0.15) is 5.10 Å². The van der Waals surface area contributed by atoms with E-state index >= 15 is 0 Å². The molecule has 0 bridgehead atoms. The quantitative estimate of drug-likeness (QED) is 0.617. The van der Waals surface area contributed by atoms with E-state index in [1.54, 1.807) is 6.92 Å². The highest BCUT2D eigenvalue weighted by molar-refractivity contribution is 5.72. The fraction of sp³-hybridized carbons (Fsp3) is 0.348. The summed E-state index contributed by atoms with van der Waals surface area (Å²) < 4.78 is 1.86. The van der Waals surface area contributed by atoms with Crippen molar-refractivity contribution in [1.82, 2.24) is 25.4 Å². The van der Waals surface area contributed by atoms with Crippen LogP contribution in [0.5, 0.6) is 0 Å². The normalized spacial score (nSPS) is 12.0. The number of nitrogens with one attached hydrogen (secondary N) is 2. The van der Waals surface area contributed by atoms with Crippen LogP contribution in [0.25, 0.3) is 5.82 Å². The summed E-state index contributed by atoms with van der Waals surface area (Å²) in [6.07, 6.45) is 2.74. The van der Waals surface area contributed by atoms with Gasteiger partial charge < -0.3 is 10.6 Å². The monoisotopic (exact) mass is 391 g/mol. The van der Waals surface area contributed by atoms with Crippen molar-refractivity contribution in [2.75, 3.05) is 6.54 Å². The lowest BCUT2D eigenvalue weighted by Crippen LogP contribution is -2.22. The lowest BCUT2D eigenvalue weighted by atomic mass is 10.0. The molecule has 0 spiro atoms. The summed E-state index contributed by atoms with van der Waals surface area (Å²) in [6.45, 7) is 9.13. The number of hydrogen-bond donors (Lipinski definition) is 2. The van der Waals surface area contributed by atoms with E-state index in [-0.39, 0.29) is 11.9 Å². The molecule has 0 unspecified atom stereocenters. The molecule has 2 heterocycles. The third-order valence-electron chi connectivity index (χ3n) is 4.92. The molecule has 0 aliphatic heterocycles. The van der Waals surface area contributed by atoms with Gasteiger partial charge in [-0.1, -0.05) is 30.3 Å². The number of carbonyl (C=O) groups is 1. The van der Waals surface area contributed by atoms with Gasteiger partial charge in [-0.25, -0.2) is 9.67 Å². The molecule has 2 N–H and O–H groups in total. The molecule has 0 saturated heterocycles. The second kappa shape index (κ2) is 9.47. The maximum absolute atomic E-state index is 10.9. The van der Waals surface area contributed by atoms with E-state index in [2.05, 4.69) is 58.0 Å². The van der Waals surface area contributed by atoms with E-state index in [1.165, 1.54) is 11.1 Å². The van der Waals surface area contributed by atoms with Crippen LogP contribution in [0, 0.1) is 13.8 Å². The summed E-state index contributed by atoms with van der Waals surface area (Å²) in [5.74, 6) is 0.846. The van der Waals surface area contributed by atoms with Crippen molar-refractivity contribution in [2.45, 2.75) is 46.7 Å². The van der Waals surface area contributed by atoms with Gasteiger partial charge in [-0.3, -0.25) is 4.79 Å². The highest BCUT2D eigenvalue weighted by Gasteiger charge is 2.07. The summed E-state index contributed by atoms with van der Waals surface area (Å²) in [5.41, 5.74) is 5.66. The summed E-state index contributed by atoms with van der Waals surface area (Å²) >= 11 is 0. The Labute approximate surface area is 172 Å². The molecule has 1 atom stereocenters. The van der Waals surface area contributed by atoms with Gasteiger partial charge >= 0.3 is 0 Å². The maximum atomic E-state index is 10.9. The molecule has 0 saturated carbocycles. The van der Waals surface area contributed by atoms with Crippen molar-refractivity contribution in [3.05, 3.63) is 76.7 Å². The van der Waals surface area contributed by atoms with Crippen molar-refractivity contribution in [1.29, 1.82) is 0 Å². The predicted molar refractivity (Wildman–Crippen MR) is 115 cm³/mol. The second-order valence-corrected chi connectivity index (χ2v) is 7.44. The number of amides is 1. The van der Waals surface area contributed by atoms with E-state index < -0.39 is 0 Å². The molecule has 6 nitrogen and oxygen atoms in total. The van der Waals surface area contributed by atoms with Gasteiger partial charge in [0.25, 0.3) is 0 Å². The summed E-state index contributed by atoms with van der Waals surface area (Å²) in [5, 5.41) is 10.8. The fourth-order valence-electron chi connectivity index (χ4n) is 3.25. The van der Waals surface area contributed by atoms with Crippen LogP contribution in [0.2, 0.25) is 0 Å². The van der Waals surface area contributed by atoms with Crippen molar-refractivity contribution in [3.63, 3.8) is 0 Å². The number of aromatic nitrogens is 3. The van der Waals surface area contributed by atoms with Gasteiger partial charge in [0.05, 0.1) is 5.69 Å². The Morgan fingerprint density at radius 2 is 1.83 bits per heavy atom. The molecule has 152 valence electrons. The first kappa shape index (κ1) is 20.7. The van der Waals surface area contributed by atoms with Crippen LogP contribution in [-0.4, -0.2) is 27.2 Å². The topological polar surface area (TPSA) is 71.8 Å². The minimum absolute atomic E-state index is 0.0110. The molecule has 0 radical (unpaired) electrons. The zero-order valence-corrected chi connectivity index (χ0v) is 17.6. The number of benzene rings is 1. The number of pyridine rings is 1. The third kappa shape index (κ3) is 5.74. The van der Waals surface area contributed by atoms with Crippen LogP contribution in [-0.2, 0) is 17.8 Å². The van der Waals surface area contributed by atoms with Crippen LogP contribution >= 0.6 is 0 Å². The van der Waals surface area contributed by atoms with Gasteiger partial charge in [-0.15, -0.1) is 0 Å². The zero-order chi connectivity index (χ0) is 20.8. The average molecular weight is 392 g/mol. The molecule has 0 aliphatic carbocycles. The largest absolute Gasteiger partial charge is 0.356 e. The Morgan fingerprint density at radius 3 is 2.41 bits per heavy atom. The minimum atomic E-state index is 0.0110. The first-order chi connectivity index (χ1) is 13.9. The van der Waals surface area contributed by atoms with E-state index in [4.69, 9.17) is 0 Å². The third-order valence-corrected chi connectivity index (χ3v) is 4.92. The number of aryl methyl sites for hydroxylation is 2. The summed E-state index contributed by atoms with van der Waals surface area (Å²) in [6, 6.07) is 14.9. The first-order valence-electron chi connectivity index (χ1n) is 9.97. The van der Waals surface area contributed by atoms with Gasteiger partial charge in [0.2, 0.25) is 5.91 Å². The van der Waals surface area contributed by atoms with Crippen molar-refractivity contribution in [2.24, 2.45) is 0 Å². The van der Waals surface area contributed by atoms with Gasteiger partial charge in [0.1, 0.15) is 0 Å². The number of hydrogen-bond acceptors (Lipinski definition) is 4. The van der Waals surface area contributed by atoms with E-state index in [9.17, 15) is 4.79 Å². The molecule has 2 aromatic heterocycles. The number of rotatable bonds is 8. The van der Waals surface area contributed by atoms with Gasteiger partial charge in [-0.05, 0) is 56.0 Å². The molecule has 1 amide bonds. The molecule has 1 aromatic carbocycles. The Bertz CT molecular complexity index is 944. The number of carbonyl (C=O) groups excluding carboxylic acids is 1. The molecule has 3 rings (SSSR count). The van der Waals surface area contributed by atoms with Crippen molar-refractivity contribution in [3.8, 4) is 5.82 Å². The minimum Gasteiger partial charge on any atom is -0.356 e. The Balaban J connectivity index is 1.53. The highest BCUT2D eigenvalue weighted by atomic mass is 16.1. The highest BCUT2D eigenvalue weighted by Crippen LogP contribution is 2.15. The molecule has 0 fully saturated rings. The van der Waals surface area contributed by atoms with Gasteiger partial charge in [0, 0.05) is 37.9 Å². The van der Waals surface area contributed by atoms with Crippen molar-refractivity contribution >= 4 is 5.91 Å². The Hall–Kier alpha value is -2.99. The van der Waals surface area contributed by atoms with Crippen LogP contribution in [0.3, 0.4) is 0 Å². The second-order valence-electron chi connectivity index (χ2n) is 7.44. The molecule has 6 heteroatoms. The fourth-order valence-corrected chi connectivity index (χ4v) is 3.25. The van der Waals surface area contributed by atoms with Crippen LogP contribution in [0.4, 0.5) is 0 Å². The van der Waals surface area contributed by atoms with Crippen molar-refractivity contribution < 1.29 is 4.79 Å². The summed E-state index contributed by atoms with van der Waals surface area (Å²) in [7, 11) is 0. The standard InChI is InChI=1S/C23H29N5O/c1-16-13-17(2)28(27-16)23-10-7-21(15-26-23)14-25-18(3)22-8-5-20(6-9-22)11-12-24-19(4)29/h5-10,13,15,18,25H,11-12,14H2,1-4H3,(H,24,29)/t18-/m1/s1. The van der Waals surface area contributed by atoms with E-state index in [1.807, 2.05) is 36.9 Å². The maximum Gasteiger partial charge on any atom is 0.216 e. The first-order valence-corrected chi connectivity index (χ1v) is 9.97. The number of nitrogens with zero attached hydrogens (tertiary/aromatic N) is 3. The SMILES string of the molecule is CC(=O)NCCc1ccc([C@@H](C)NCc2ccc(-n3nc(C)cc3C)nc2)cc1. The predicted octanol–water partition coefficient (Wildman–Crippen LogP) is 3.41. The van der Waals surface area contributed by atoms with Crippen LogP contribution in [0.1, 0.15) is 48.0 Å². The van der Waals surface area contributed by atoms with E-state index in [0.29, 0.717) is 6.54 Å². The van der Waals surface area contributed by atoms with E-state index in [0.717, 1.165) is 35.7 Å². The lowest BCUT2D eigenvalue weighted by Gasteiger charge is -2.15. The lowest BCUT2D eigenvalue weighted by molar-refractivity contribution is -0.118. The molecular formula is C23H29N5O. The molecule has 3 aromatic rings. The molecular weight excluding hydrogens is 362 g/mol. The van der Waals surface area contributed by atoms with Gasteiger partial charge in [0.15, 0.2) is 5.82 Å². The molecule has 0 aliphatic rings. The summed E-state index contributed by atoms with van der Waals surface area (Å²) in [4.78, 5) is 15.5.